The van der Waals surface area contributed by atoms with Gasteiger partial charge in [0.25, 0.3) is 0 Å². The van der Waals surface area contributed by atoms with Crippen molar-refractivity contribution >= 4 is 0 Å². The second-order valence-electron chi connectivity index (χ2n) is 4.73. The lowest BCUT2D eigenvalue weighted by molar-refractivity contribution is 0.478. The molecule has 2 rings (SSSR count). The predicted octanol–water partition coefficient (Wildman–Crippen LogP) is 4.12. The molecule has 2 N–H and O–H groups in total. The van der Waals surface area contributed by atoms with Crippen molar-refractivity contribution in [3.8, 4) is 11.5 Å². The summed E-state index contributed by atoms with van der Waals surface area (Å²) < 4.78 is 5.88. The Morgan fingerprint density at radius 2 is 1.67 bits per heavy atom. The molecule has 1 atom stereocenters. The van der Waals surface area contributed by atoms with E-state index in [1.807, 2.05) is 38.1 Å². The summed E-state index contributed by atoms with van der Waals surface area (Å²) in [6.07, 6.45) is 0. The molecule has 0 saturated carbocycles. The number of hydrogen-bond acceptors (Lipinski definition) is 2. The molecule has 0 fully saturated rings. The standard InChI is InChI=1S/C16H19NO/c1-11-4-5-12(2)16(10-11)18-15-8-6-14(7-9-15)13(3)17/h4-10,13H,17H2,1-3H3/t13-/m0/s1. The highest BCUT2D eigenvalue weighted by Gasteiger charge is 2.03. The highest BCUT2D eigenvalue weighted by molar-refractivity contribution is 5.40. The molecule has 2 aromatic carbocycles. The Morgan fingerprint density at radius 3 is 2.28 bits per heavy atom. The third-order valence-electron chi connectivity index (χ3n) is 2.98. The molecule has 0 spiro atoms. The number of hydrogen-bond donors (Lipinski definition) is 1. The van der Waals surface area contributed by atoms with E-state index in [1.165, 1.54) is 5.56 Å². The zero-order chi connectivity index (χ0) is 13.1. The van der Waals surface area contributed by atoms with E-state index in [-0.39, 0.29) is 6.04 Å². The molecule has 0 heterocycles. The molecule has 0 saturated heterocycles. The molecule has 0 aliphatic carbocycles. The molecule has 2 aromatic rings. The molecular formula is C16H19NO. The van der Waals surface area contributed by atoms with Crippen molar-refractivity contribution in [3.63, 3.8) is 0 Å². The molecule has 0 aliphatic heterocycles. The Labute approximate surface area is 108 Å². The smallest absolute Gasteiger partial charge is 0.130 e. The lowest BCUT2D eigenvalue weighted by Gasteiger charge is -2.11. The first-order valence-electron chi connectivity index (χ1n) is 6.17. The van der Waals surface area contributed by atoms with Gasteiger partial charge in [-0.25, -0.2) is 0 Å². The average Bonchev–Trinajstić information content (AvgIpc) is 2.34. The molecule has 0 aromatic heterocycles. The van der Waals surface area contributed by atoms with Crippen LogP contribution in [0.2, 0.25) is 0 Å². The van der Waals surface area contributed by atoms with Crippen molar-refractivity contribution in [1.82, 2.24) is 0 Å². The van der Waals surface area contributed by atoms with Crippen molar-refractivity contribution in [3.05, 3.63) is 59.2 Å². The SMILES string of the molecule is Cc1ccc(C)c(Oc2ccc([C@H](C)N)cc2)c1. The zero-order valence-corrected chi connectivity index (χ0v) is 11.1. The van der Waals surface area contributed by atoms with Crippen molar-refractivity contribution in [2.75, 3.05) is 0 Å². The van der Waals surface area contributed by atoms with Crippen LogP contribution in [0.3, 0.4) is 0 Å². The van der Waals surface area contributed by atoms with Gasteiger partial charge in [-0.3, -0.25) is 0 Å². The van der Waals surface area contributed by atoms with Gasteiger partial charge in [-0.05, 0) is 55.7 Å². The molecule has 94 valence electrons. The van der Waals surface area contributed by atoms with Gasteiger partial charge in [-0.15, -0.1) is 0 Å². The van der Waals surface area contributed by atoms with E-state index in [0.29, 0.717) is 0 Å². The second kappa shape index (κ2) is 5.23. The molecule has 0 radical (unpaired) electrons. The molecular weight excluding hydrogens is 222 g/mol. The molecule has 2 nitrogen and oxygen atoms in total. The Bertz CT molecular complexity index is 529. The van der Waals surface area contributed by atoms with E-state index in [9.17, 15) is 0 Å². The summed E-state index contributed by atoms with van der Waals surface area (Å²) >= 11 is 0. The second-order valence-corrected chi connectivity index (χ2v) is 4.73. The first kappa shape index (κ1) is 12.7. The van der Waals surface area contributed by atoms with Crippen LogP contribution in [0.25, 0.3) is 0 Å². The van der Waals surface area contributed by atoms with Crippen LogP contribution in [-0.4, -0.2) is 0 Å². The Morgan fingerprint density at radius 1 is 1.00 bits per heavy atom. The van der Waals surface area contributed by atoms with Crippen LogP contribution in [0.1, 0.15) is 29.7 Å². The lowest BCUT2D eigenvalue weighted by Crippen LogP contribution is -2.04. The molecule has 2 heteroatoms. The monoisotopic (exact) mass is 241 g/mol. The molecule has 0 amide bonds. The van der Waals surface area contributed by atoms with Crippen LogP contribution < -0.4 is 10.5 Å². The number of nitrogens with two attached hydrogens (primary N) is 1. The summed E-state index contributed by atoms with van der Waals surface area (Å²) in [5.74, 6) is 1.75. The number of ether oxygens (including phenoxy) is 1. The fourth-order valence-electron chi connectivity index (χ4n) is 1.78. The van der Waals surface area contributed by atoms with E-state index in [0.717, 1.165) is 22.6 Å². The molecule has 0 bridgehead atoms. The van der Waals surface area contributed by atoms with E-state index in [4.69, 9.17) is 10.5 Å². The van der Waals surface area contributed by atoms with Gasteiger partial charge in [0, 0.05) is 6.04 Å². The van der Waals surface area contributed by atoms with E-state index >= 15 is 0 Å². The van der Waals surface area contributed by atoms with E-state index in [2.05, 4.69) is 25.1 Å². The van der Waals surface area contributed by atoms with Crippen LogP contribution in [0.15, 0.2) is 42.5 Å². The average molecular weight is 241 g/mol. The van der Waals surface area contributed by atoms with Crippen LogP contribution in [0.4, 0.5) is 0 Å². The molecule has 0 aliphatic rings. The third-order valence-corrected chi connectivity index (χ3v) is 2.98. The quantitative estimate of drug-likeness (QED) is 0.877. The van der Waals surface area contributed by atoms with Gasteiger partial charge >= 0.3 is 0 Å². The number of rotatable bonds is 3. The minimum Gasteiger partial charge on any atom is -0.457 e. The summed E-state index contributed by atoms with van der Waals surface area (Å²) in [5, 5.41) is 0. The lowest BCUT2D eigenvalue weighted by atomic mass is 10.1. The predicted molar refractivity (Wildman–Crippen MR) is 75.0 cm³/mol. The van der Waals surface area contributed by atoms with Gasteiger partial charge < -0.3 is 10.5 Å². The summed E-state index contributed by atoms with van der Waals surface area (Å²) in [7, 11) is 0. The summed E-state index contributed by atoms with van der Waals surface area (Å²) in [5.41, 5.74) is 9.27. The van der Waals surface area contributed by atoms with Crippen LogP contribution >= 0.6 is 0 Å². The van der Waals surface area contributed by atoms with Crippen molar-refractivity contribution < 1.29 is 4.74 Å². The first-order chi connectivity index (χ1) is 8.56. The minimum absolute atomic E-state index is 0.0553. The fourth-order valence-corrected chi connectivity index (χ4v) is 1.78. The summed E-state index contributed by atoms with van der Waals surface area (Å²) in [6, 6.07) is 14.2. The summed E-state index contributed by atoms with van der Waals surface area (Å²) in [4.78, 5) is 0. The van der Waals surface area contributed by atoms with Crippen molar-refractivity contribution in [1.29, 1.82) is 0 Å². The highest BCUT2D eigenvalue weighted by atomic mass is 16.5. The van der Waals surface area contributed by atoms with Gasteiger partial charge in [0.1, 0.15) is 11.5 Å². The van der Waals surface area contributed by atoms with Gasteiger partial charge in [0.05, 0.1) is 0 Å². The largest absolute Gasteiger partial charge is 0.457 e. The first-order valence-corrected chi connectivity index (χ1v) is 6.17. The maximum Gasteiger partial charge on any atom is 0.130 e. The Kier molecular flexibility index (Phi) is 3.68. The normalized spacial score (nSPS) is 12.2. The minimum atomic E-state index is 0.0553. The van der Waals surface area contributed by atoms with Crippen LogP contribution in [0.5, 0.6) is 11.5 Å². The van der Waals surface area contributed by atoms with Crippen LogP contribution in [-0.2, 0) is 0 Å². The maximum atomic E-state index is 5.88. The molecule has 0 unspecified atom stereocenters. The van der Waals surface area contributed by atoms with Gasteiger partial charge in [-0.2, -0.15) is 0 Å². The highest BCUT2D eigenvalue weighted by Crippen LogP contribution is 2.26. The van der Waals surface area contributed by atoms with Gasteiger partial charge in [0.2, 0.25) is 0 Å². The Hall–Kier alpha value is -1.80. The van der Waals surface area contributed by atoms with Gasteiger partial charge in [0.15, 0.2) is 0 Å². The van der Waals surface area contributed by atoms with Crippen molar-refractivity contribution in [2.24, 2.45) is 5.73 Å². The summed E-state index contributed by atoms with van der Waals surface area (Å²) in [6.45, 7) is 6.08. The fraction of sp³-hybridized carbons (Fsp3) is 0.250. The Balaban J connectivity index is 2.21. The van der Waals surface area contributed by atoms with Crippen LogP contribution in [0, 0.1) is 13.8 Å². The number of benzene rings is 2. The molecule has 18 heavy (non-hydrogen) atoms. The van der Waals surface area contributed by atoms with Gasteiger partial charge in [-0.1, -0.05) is 24.3 Å². The van der Waals surface area contributed by atoms with E-state index in [1.54, 1.807) is 0 Å². The van der Waals surface area contributed by atoms with E-state index < -0.39 is 0 Å². The topological polar surface area (TPSA) is 35.2 Å². The van der Waals surface area contributed by atoms with Crippen molar-refractivity contribution in [2.45, 2.75) is 26.8 Å². The number of aryl methyl sites for hydroxylation is 2. The zero-order valence-electron chi connectivity index (χ0n) is 11.1. The third kappa shape index (κ3) is 2.90. The maximum absolute atomic E-state index is 5.88.